The number of amides is 1. The molecule has 5 heteroatoms. The first-order valence-corrected chi connectivity index (χ1v) is 9.88. The van der Waals surface area contributed by atoms with E-state index in [-0.39, 0.29) is 16.7 Å². The van der Waals surface area contributed by atoms with Gasteiger partial charge in [-0.3, -0.25) is 4.79 Å². The maximum absolute atomic E-state index is 12.7. The summed E-state index contributed by atoms with van der Waals surface area (Å²) in [5, 5.41) is 4.62. The van der Waals surface area contributed by atoms with Crippen molar-refractivity contribution in [3.05, 3.63) is 23.4 Å². The summed E-state index contributed by atoms with van der Waals surface area (Å²) in [6, 6.07) is 3.63. The van der Waals surface area contributed by atoms with Crippen LogP contribution in [0.25, 0.3) is 0 Å². The summed E-state index contributed by atoms with van der Waals surface area (Å²) in [4.78, 5) is 17.0. The van der Waals surface area contributed by atoms with Gasteiger partial charge in [-0.1, -0.05) is 23.4 Å². The minimum Gasteiger partial charge on any atom is -0.350 e. The van der Waals surface area contributed by atoms with Gasteiger partial charge in [-0.25, -0.2) is 4.98 Å². The second-order valence-electron chi connectivity index (χ2n) is 7.74. The van der Waals surface area contributed by atoms with Gasteiger partial charge in [0.25, 0.3) is 0 Å². The molecule has 0 unspecified atom stereocenters. The van der Waals surface area contributed by atoms with Gasteiger partial charge in [-0.05, 0) is 75.3 Å². The van der Waals surface area contributed by atoms with Crippen LogP contribution in [-0.4, -0.2) is 21.7 Å². The molecule has 4 saturated carbocycles. The molecule has 1 aromatic heterocycles. The number of thioether (sulfide) groups is 1. The summed E-state index contributed by atoms with van der Waals surface area (Å²) in [6.07, 6.45) is 9.46. The van der Waals surface area contributed by atoms with E-state index in [1.807, 2.05) is 19.1 Å². The van der Waals surface area contributed by atoms with Crippen LogP contribution in [0.3, 0.4) is 0 Å². The van der Waals surface area contributed by atoms with Gasteiger partial charge < -0.3 is 5.32 Å². The number of hydrogen-bond acceptors (Lipinski definition) is 3. The lowest BCUT2D eigenvalue weighted by Gasteiger charge is -2.57. The standard InChI is InChI=1S/C18H23ClN2OS/c1-11(23-17-15(19)3-2-4-20-17)16(22)21-18-8-12-5-13(9-18)7-14(6-12)10-18/h2-4,11-14H,5-10H2,1H3,(H,21,22)/t11-,12?,13?,14?,18?/m0/s1. The molecular formula is C18H23ClN2OS. The molecule has 3 nitrogen and oxygen atoms in total. The average Bonchev–Trinajstić information content (AvgIpc) is 2.47. The first kappa shape index (κ1) is 15.8. The fraction of sp³-hybridized carbons (Fsp3) is 0.667. The number of hydrogen-bond donors (Lipinski definition) is 1. The Morgan fingerprint density at radius 2 is 1.91 bits per heavy atom. The van der Waals surface area contributed by atoms with Crippen molar-refractivity contribution < 1.29 is 4.79 Å². The lowest BCUT2D eigenvalue weighted by molar-refractivity contribution is -0.126. The molecule has 124 valence electrons. The highest BCUT2D eigenvalue weighted by Gasteiger charge is 2.51. The Labute approximate surface area is 147 Å². The second-order valence-corrected chi connectivity index (χ2v) is 9.47. The van der Waals surface area contributed by atoms with Crippen molar-refractivity contribution in [3.63, 3.8) is 0 Å². The molecule has 4 bridgehead atoms. The number of halogens is 1. The minimum absolute atomic E-state index is 0.0779. The summed E-state index contributed by atoms with van der Waals surface area (Å²) >= 11 is 7.61. The first-order chi connectivity index (χ1) is 11.0. The molecule has 1 amide bonds. The number of nitrogens with zero attached hydrogens (tertiary/aromatic N) is 1. The van der Waals surface area contributed by atoms with E-state index in [2.05, 4.69) is 10.3 Å². The van der Waals surface area contributed by atoms with Crippen LogP contribution in [0, 0.1) is 17.8 Å². The predicted octanol–water partition coefficient (Wildman–Crippen LogP) is 4.30. The average molecular weight is 351 g/mol. The topological polar surface area (TPSA) is 42.0 Å². The van der Waals surface area contributed by atoms with Crippen LogP contribution in [-0.2, 0) is 4.79 Å². The molecule has 0 spiro atoms. The Hall–Kier alpha value is -0.740. The van der Waals surface area contributed by atoms with Crippen molar-refractivity contribution in [2.45, 2.75) is 61.3 Å². The number of carbonyl (C=O) groups excluding carboxylic acids is 1. The fourth-order valence-corrected chi connectivity index (χ4v) is 6.36. The third-order valence-corrected chi connectivity index (χ3v) is 7.34. The van der Waals surface area contributed by atoms with E-state index in [0.717, 1.165) is 22.8 Å². The van der Waals surface area contributed by atoms with E-state index in [1.54, 1.807) is 6.20 Å². The quantitative estimate of drug-likeness (QED) is 0.823. The normalized spacial score (nSPS) is 36.0. The van der Waals surface area contributed by atoms with Gasteiger partial charge in [0.2, 0.25) is 5.91 Å². The summed E-state index contributed by atoms with van der Waals surface area (Å²) < 4.78 is 0. The Bertz CT molecular complexity index is 586. The van der Waals surface area contributed by atoms with E-state index < -0.39 is 0 Å². The summed E-state index contributed by atoms with van der Waals surface area (Å²) in [5.74, 6) is 2.66. The molecule has 0 radical (unpaired) electrons. The van der Waals surface area contributed by atoms with E-state index in [9.17, 15) is 4.79 Å². The molecule has 1 heterocycles. The van der Waals surface area contributed by atoms with Crippen LogP contribution >= 0.6 is 23.4 Å². The molecule has 0 aliphatic heterocycles. The van der Waals surface area contributed by atoms with E-state index in [0.29, 0.717) is 5.02 Å². The van der Waals surface area contributed by atoms with Gasteiger partial charge in [0.1, 0.15) is 5.03 Å². The Morgan fingerprint density at radius 1 is 1.30 bits per heavy atom. The molecule has 0 aromatic carbocycles. The van der Waals surface area contributed by atoms with Gasteiger partial charge in [-0.15, -0.1) is 0 Å². The third-order valence-electron chi connectivity index (χ3n) is 5.81. The zero-order chi connectivity index (χ0) is 16.0. The Kier molecular flexibility index (Phi) is 4.09. The zero-order valence-electron chi connectivity index (χ0n) is 13.4. The van der Waals surface area contributed by atoms with Gasteiger partial charge in [0, 0.05) is 11.7 Å². The Balaban J connectivity index is 1.42. The van der Waals surface area contributed by atoms with E-state index in [4.69, 9.17) is 11.6 Å². The zero-order valence-corrected chi connectivity index (χ0v) is 15.0. The molecular weight excluding hydrogens is 328 g/mol. The summed E-state index contributed by atoms with van der Waals surface area (Å²) in [6.45, 7) is 1.95. The molecule has 23 heavy (non-hydrogen) atoms. The SMILES string of the molecule is C[C@H](Sc1ncccc1Cl)C(=O)NC12CC3CC(CC(C3)C1)C2. The van der Waals surface area contributed by atoms with Crippen LogP contribution < -0.4 is 5.32 Å². The lowest BCUT2D eigenvalue weighted by Crippen LogP contribution is -2.60. The molecule has 1 N–H and O–H groups in total. The van der Waals surface area contributed by atoms with E-state index in [1.165, 1.54) is 50.3 Å². The van der Waals surface area contributed by atoms with Crippen molar-refractivity contribution in [1.29, 1.82) is 0 Å². The molecule has 1 aromatic rings. The van der Waals surface area contributed by atoms with Crippen LogP contribution in [0.2, 0.25) is 5.02 Å². The largest absolute Gasteiger partial charge is 0.350 e. The number of nitrogens with one attached hydrogen (secondary N) is 1. The molecule has 0 saturated heterocycles. The number of rotatable bonds is 4. The van der Waals surface area contributed by atoms with Crippen LogP contribution in [0.1, 0.15) is 45.4 Å². The lowest BCUT2D eigenvalue weighted by atomic mass is 9.53. The second kappa shape index (κ2) is 5.96. The fourth-order valence-electron chi connectivity index (χ4n) is 5.31. The number of aromatic nitrogens is 1. The van der Waals surface area contributed by atoms with Crippen molar-refractivity contribution in [3.8, 4) is 0 Å². The van der Waals surface area contributed by atoms with Crippen molar-refractivity contribution in [2.24, 2.45) is 17.8 Å². The molecule has 4 aliphatic rings. The molecule has 5 rings (SSSR count). The third kappa shape index (κ3) is 3.12. The van der Waals surface area contributed by atoms with Crippen molar-refractivity contribution in [2.75, 3.05) is 0 Å². The molecule has 4 fully saturated rings. The summed E-state index contributed by atoms with van der Waals surface area (Å²) in [5.41, 5.74) is 0.0779. The monoisotopic (exact) mass is 350 g/mol. The minimum atomic E-state index is -0.171. The smallest absolute Gasteiger partial charge is 0.233 e. The first-order valence-electron chi connectivity index (χ1n) is 8.62. The summed E-state index contributed by atoms with van der Waals surface area (Å²) in [7, 11) is 0. The highest BCUT2D eigenvalue weighted by Crippen LogP contribution is 2.55. The maximum atomic E-state index is 12.7. The number of carbonyl (C=O) groups is 1. The highest BCUT2D eigenvalue weighted by molar-refractivity contribution is 8.00. The van der Waals surface area contributed by atoms with Gasteiger partial charge in [-0.2, -0.15) is 0 Å². The van der Waals surface area contributed by atoms with Gasteiger partial charge in [0.15, 0.2) is 0 Å². The number of pyridine rings is 1. The van der Waals surface area contributed by atoms with Crippen LogP contribution in [0.15, 0.2) is 23.4 Å². The van der Waals surface area contributed by atoms with Gasteiger partial charge >= 0.3 is 0 Å². The molecule has 4 aliphatic carbocycles. The predicted molar refractivity (Wildman–Crippen MR) is 93.6 cm³/mol. The maximum Gasteiger partial charge on any atom is 0.233 e. The van der Waals surface area contributed by atoms with E-state index >= 15 is 0 Å². The van der Waals surface area contributed by atoms with Crippen LogP contribution in [0.5, 0.6) is 0 Å². The molecule has 1 atom stereocenters. The van der Waals surface area contributed by atoms with Crippen molar-refractivity contribution >= 4 is 29.3 Å². The Morgan fingerprint density at radius 3 is 2.48 bits per heavy atom. The van der Waals surface area contributed by atoms with Gasteiger partial charge in [0.05, 0.1) is 10.3 Å². The van der Waals surface area contributed by atoms with Crippen LogP contribution in [0.4, 0.5) is 0 Å². The van der Waals surface area contributed by atoms with Crippen molar-refractivity contribution in [1.82, 2.24) is 10.3 Å². The highest BCUT2D eigenvalue weighted by atomic mass is 35.5.